The van der Waals surface area contributed by atoms with Crippen molar-refractivity contribution in [3.05, 3.63) is 57.1 Å². The summed E-state index contributed by atoms with van der Waals surface area (Å²) in [6, 6.07) is 9.17. The standard InChI is InChI=1S/C14H11Cl2NO4/c1-20-13-5-3-10(17(18)19)7-14(13)21-12-4-2-9(8-15)6-11(12)16/h2-7H,8H2,1H3. The first-order valence-corrected chi connectivity index (χ1v) is 6.81. The quantitative estimate of drug-likeness (QED) is 0.450. The number of non-ortho nitro benzene ring substituents is 1. The van der Waals surface area contributed by atoms with Gasteiger partial charge in [-0.1, -0.05) is 17.7 Å². The lowest BCUT2D eigenvalue weighted by atomic mass is 10.2. The molecule has 0 atom stereocenters. The summed E-state index contributed by atoms with van der Waals surface area (Å²) in [5.74, 6) is 1.29. The fourth-order valence-corrected chi connectivity index (χ4v) is 2.10. The van der Waals surface area contributed by atoms with Gasteiger partial charge >= 0.3 is 0 Å². The molecule has 0 aliphatic carbocycles. The highest BCUT2D eigenvalue weighted by molar-refractivity contribution is 6.32. The van der Waals surface area contributed by atoms with Crippen LogP contribution in [0.5, 0.6) is 17.2 Å². The molecule has 110 valence electrons. The summed E-state index contributed by atoms with van der Waals surface area (Å²) < 4.78 is 10.7. The minimum atomic E-state index is -0.509. The van der Waals surface area contributed by atoms with Crippen LogP contribution in [-0.4, -0.2) is 12.0 Å². The molecular weight excluding hydrogens is 317 g/mol. The Morgan fingerprint density at radius 2 is 1.86 bits per heavy atom. The van der Waals surface area contributed by atoms with E-state index in [1.54, 1.807) is 18.2 Å². The van der Waals surface area contributed by atoms with Crippen LogP contribution >= 0.6 is 23.2 Å². The third kappa shape index (κ3) is 3.56. The van der Waals surface area contributed by atoms with E-state index in [-0.39, 0.29) is 11.4 Å². The monoisotopic (exact) mass is 327 g/mol. The van der Waals surface area contributed by atoms with Crippen LogP contribution in [0.3, 0.4) is 0 Å². The third-order valence-corrected chi connectivity index (χ3v) is 3.33. The molecule has 0 aromatic heterocycles. The Bertz CT molecular complexity index is 676. The van der Waals surface area contributed by atoms with Gasteiger partial charge < -0.3 is 9.47 Å². The summed E-state index contributed by atoms with van der Waals surface area (Å²) in [7, 11) is 1.45. The molecule has 0 spiro atoms. The Balaban J connectivity index is 2.38. The smallest absolute Gasteiger partial charge is 0.273 e. The minimum absolute atomic E-state index is 0.0979. The number of nitro benzene ring substituents is 1. The van der Waals surface area contributed by atoms with Crippen LogP contribution in [0.25, 0.3) is 0 Å². The van der Waals surface area contributed by atoms with Crippen molar-refractivity contribution in [2.45, 2.75) is 5.88 Å². The summed E-state index contributed by atoms with van der Waals surface area (Å²) in [4.78, 5) is 10.3. The average Bonchev–Trinajstić information content (AvgIpc) is 2.49. The van der Waals surface area contributed by atoms with Crippen LogP contribution in [0.4, 0.5) is 5.69 Å². The lowest BCUT2D eigenvalue weighted by Crippen LogP contribution is -1.94. The Morgan fingerprint density at radius 3 is 2.43 bits per heavy atom. The van der Waals surface area contributed by atoms with Crippen LogP contribution < -0.4 is 9.47 Å². The van der Waals surface area contributed by atoms with Gasteiger partial charge in [0.25, 0.3) is 5.69 Å². The molecule has 0 N–H and O–H groups in total. The van der Waals surface area contributed by atoms with Gasteiger partial charge in [-0.2, -0.15) is 0 Å². The highest BCUT2D eigenvalue weighted by Crippen LogP contribution is 2.37. The molecule has 0 saturated heterocycles. The Morgan fingerprint density at radius 1 is 1.14 bits per heavy atom. The number of benzene rings is 2. The molecule has 2 aromatic carbocycles. The zero-order chi connectivity index (χ0) is 15.4. The first-order chi connectivity index (χ1) is 10.0. The van der Waals surface area contributed by atoms with Crippen LogP contribution in [0.15, 0.2) is 36.4 Å². The van der Waals surface area contributed by atoms with Crippen molar-refractivity contribution in [1.82, 2.24) is 0 Å². The molecule has 2 aromatic rings. The third-order valence-electron chi connectivity index (χ3n) is 2.73. The molecule has 0 radical (unpaired) electrons. The number of hydrogen-bond acceptors (Lipinski definition) is 4. The van der Waals surface area contributed by atoms with Gasteiger partial charge in [-0.3, -0.25) is 10.1 Å². The second-order valence-corrected chi connectivity index (χ2v) is 4.77. The van der Waals surface area contributed by atoms with E-state index >= 15 is 0 Å². The van der Waals surface area contributed by atoms with Crippen molar-refractivity contribution in [1.29, 1.82) is 0 Å². The molecule has 0 aliphatic rings. The maximum absolute atomic E-state index is 10.8. The zero-order valence-corrected chi connectivity index (χ0v) is 12.5. The SMILES string of the molecule is COc1ccc([N+](=O)[O-])cc1Oc1ccc(CCl)cc1Cl. The van der Waals surface area contributed by atoms with E-state index in [1.807, 2.05) is 0 Å². The summed E-state index contributed by atoms with van der Waals surface area (Å²) in [6.07, 6.45) is 0. The number of ether oxygens (including phenoxy) is 2. The lowest BCUT2D eigenvalue weighted by Gasteiger charge is -2.11. The number of alkyl halides is 1. The maximum atomic E-state index is 10.8. The van der Waals surface area contributed by atoms with Gasteiger partial charge in [-0.05, 0) is 23.8 Å². The van der Waals surface area contributed by atoms with Crippen molar-refractivity contribution in [3.63, 3.8) is 0 Å². The van der Waals surface area contributed by atoms with Gasteiger partial charge in [0.1, 0.15) is 5.75 Å². The Hall–Kier alpha value is -1.98. The highest BCUT2D eigenvalue weighted by Gasteiger charge is 2.14. The van der Waals surface area contributed by atoms with Crippen LogP contribution in [0.1, 0.15) is 5.56 Å². The summed E-state index contributed by atoms with van der Waals surface area (Å²) >= 11 is 11.8. The van der Waals surface area contributed by atoms with Crippen LogP contribution in [-0.2, 0) is 5.88 Å². The van der Waals surface area contributed by atoms with Crippen molar-refractivity contribution in [2.75, 3.05) is 7.11 Å². The van der Waals surface area contributed by atoms with E-state index in [0.717, 1.165) is 5.56 Å². The number of rotatable bonds is 5. The van der Waals surface area contributed by atoms with E-state index in [4.69, 9.17) is 32.7 Å². The Kier molecular flexibility index (Phi) is 4.88. The molecule has 0 unspecified atom stereocenters. The van der Waals surface area contributed by atoms with Gasteiger partial charge in [-0.25, -0.2) is 0 Å². The molecule has 7 heteroatoms. The van der Waals surface area contributed by atoms with E-state index in [2.05, 4.69) is 0 Å². The molecule has 0 bridgehead atoms. The van der Waals surface area contributed by atoms with Gasteiger partial charge in [0.2, 0.25) is 0 Å². The first kappa shape index (κ1) is 15.4. The van der Waals surface area contributed by atoms with E-state index in [1.165, 1.54) is 25.3 Å². The normalized spacial score (nSPS) is 10.2. The number of nitrogens with zero attached hydrogens (tertiary/aromatic N) is 1. The topological polar surface area (TPSA) is 61.6 Å². The summed E-state index contributed by atoms with van der Waals surface area (Å²) in [5, 5.41) is 11.2. The molecule has 2 rings (SSSR count). The van der Waals surface area contributed by atoms with Crippen molar-refractivity contribution < 1.29 is 14.4 Å². The fourth-order valence-electron chi connectivity index (χ4n) is 1.69. The van der Waals surface area contributed by atoms with Crippen LogP contribution in [0, 0.1) is 10.1 Å². The fraction of sp³-hybridized carbons (Fsp3) is 0.143. The first-order valence-electron chi connectivity index (χ1n) is 5.90. The molecule has 0 aliphatic heterocycles. The van der Waals surface area contributed by atoms with Crippen LogP contribution in [0.2, 0.25) is 5.02 Å². The molecule has 0 heterocycles. The molecule has 0 fully saturated rings. The predicted molar refractivity (Wildman–Crippen MR) is 80.7 cm³/mol. The average molecular weight is 328 g/mol. The van der Waals surface area contributed by atoms with Gasteiger partial charge in [0.05, 0.1) is 23.1 Å². The van der Waals surface area contributed by atoms with Gasteiger partial charge in [0, 0.05) is 11.9 Å². The van der Waals surface area contributed by atoms with E-state index < -0.39 is 4.92 Å². The number of nitro groups is 1. The van der Waals surface area contributed by atoms with Gasteiger partial charge in [-0.15, -0.1) is 11.6 Å². The Labute approximate surface area is 131 Å². The minimum Gasteiger partial charge on any atom is -0.493 e. The van der Waals surface area contributed by atoms with Crippen molar-refractivity contribution in [3.8, 4) is 17.2 Å². The number of methoxy groups -OCH3 is 1. The molecule has 0 saturated carbocycles. The largest absolute Gasteiger partial charge is 0.493 e. The number of halogens is 2. The molecule has 21 heavy (non-hydrogen) atoms. The summed E-state index contributed by atoms with van der Waals surface area (Å²) in [5.41, 5.74) is 0.749. The van der Waals surface area contributed by atoms with E-state index in [9.17, 15) is 10.1 Å². The molecular formula is C14H11Cl2NO4. The van der Waals surface area contributed by atoms with Gasteiger partial charge in [0.15, 0.2) is 11.5 Å². The number of hydrogen-bond donors (Lipinski definition) is 0. The predicted octanol–water partition coefficient (Wildman–Crippen LogP) is 4.79. The molecule has 5 nitrogen and oxygen atoms in total. The van der Waals surface area contributed by atoms with E-state index in [0.29, 0.717) is 22.4 Å². The molecule has 0 amide bonds. The van der Waals surface area contributed by atoms with Crippen molar-refractivity contribution in [2.24, 2.45) is 0 Å². The zero-order valence-electron chi connectivity index (χ0n) is 11.0. The second-order valence-electron chi connectivity index (χ2n) is 4.09. The summed E-state index contributed by atoms with van der Waals surface area (Å²) in [6.45, 7) is 0. The second kappa shape index (κ2) is 6.65. The highest BCUT2D eigenvalue weighted by atomic mass is 35.5. The maximum Gasteiger partial charge on any atom is 0.273 e. The lowest BCUT2D eigenvalue weighted by molar-refractivity contribution is -0.384. The van der Waals surface area contributed by atoms with Crippen molar-refractivity contribution >= 4 is 28.9 Å².